The lowest BCUT2D eigenvalue weighted by molar-refractivity contribution is 0.482. The van der Waals surface area contributed by atoms with Crippen molar-refractivity contribution in [2.75, 3.05) is 0 Å². The van der Waals surface area contributed by atoms with Crippen LogP contribution in [0, 0.1) is 13.8 Å². The predicted octanol–water partition coefficient (Wildman–Crippen LogP) is 5.40. The van der Waals surface area contributed by atoms with Gasteiger partial charge in [-0.1, -0.05) is 35.3 Å². The van der Waals surface area contributed by atoms with E-state index in [-0.39, 0.29) is 0 Å². The van der Waals surface area contributed by atoms with E-state index >= 15 is 0 Å². The lowest BCUT2D eigenvalue weighted by Crippen LogP contribution is -1.88. The topological polar surface area (TPSA) is 9.23 Å². The van der Waals surface area contributed by atoms with Crippen LogP contribution < -0.4 is 4.74 Å². The van der Waals surface area contributed by atoms with Crippen molar-refractivity contribution in [3.63, 3.8) is 0 Å². The Bertz CT molecular complexity index is 500. The maximum Gasteiger partial charge on any atom is 0.146 e. The van der Waals surface area contributed by atoms with Gasteiger partial charge in [-0.3, -0.25) is 0 Å². The molecule has 0 aromatic heterocycles. The molecule has 0 saturated heterocycles. The molecule has 0 N–H and O–H groups in total. The van der Waals surface area contributed by atoms with E-state index in [9.17, 15) is 0 Å². The summed E-state index contributed by atoms with van der Waals surface area (Å²) in [5.74, 6) is 1.25. The van der Waals surface area contributed by atoms with Crippen molar-refractivity contribution >= 4 is 23.2 Å². The van der Waals surface area contributed by atoms with Gasteiger partial charge in [0.05, 0.1) is 10.0 Å². The Kier molecular flexibility index (Phi) is 3.60. The summed E-state index contributed by atoms with van der Waals surface area (Å²) in [6.07, 6.45) is 0. The van der Waals surface area contributed by atoms with E-state index in [2.05, 4.69) is 0 Å². The molecule has 0 aliphatic rings. The van der Waals surface area contributed by atoms with Crippen LogP contribution in [0.25, 0.3) is 0 Å². The summed E-state index contributed by atoms with van der Waals surface area (Å²) in [7, 11) is 0. The van der Waals surface area contributed by atoms with Gasteiger partial charge in [0.2, 0.25) is 0 Å². The van der Waals surface area contributed by atoms with Gasteiger partial charge in [0.25, 0.3) is 0 Å². The lowest BCUT2D eigenvalue weighted by Gasteiger charge is -2.10. The molecule has 0 radical (unpaired) electrons. The zero-order valence-corrected chi connectivity index (χ0v) is 11.1. The van der Waals surface area contributed by atoms with E-state index < -0.39 is 0 Å². The smallest absolute Gasteiger partial charge is 0.146 e. The Balaban J connectivity index is 2.37. The zero-order chi connectivity index (χ0) is 12.4. The molecule has 0 atom stereocenters. The first kappa shape index (κ1) is 12.3. The Morgan fingerprint density at radius 2 is 1.18 bits per heavy atom. The minimum absolute atomic E-state index is 0.577. The molecule has 88 valence electrons. The van der Waals surface area contributed by atoms with Gasteiger partial charge in [0, 0.05) is 0 Å². The molecule has 0 amide bonds. The summed E-state index contributed by atoms with van der Waals surface area (Å²) in [5, 5.41) is 1.15. The van der Waals surface area contributed by atoms with Crippen LogP contribution in [0.4, 0.5) is 0 Å². The highest BCUT2D eigenvalue weighted by atomic mass is 35.5. The molecule has 0 fully saturated rings. The van der Waals surface area contributed by atoms with Gasteiger partial charge in [-0.25, -0.2) is 0 Å². The predicted molar refractivity (Wildman–Crippen MR) is 72.5 cm³/mol. The zero-order valence-electron chi connectivity index (χ0n) is 9.63. The fraction of sp³-hybridized carbons (Fsp3) is 0.143. The van der Waals surface area contributed by atoms with Crippen molar-refractivity contribution < 1.29 is 4.74 Å². The van der Waals surface area contributed by atoms with Crippen LogP contribution in [-0.2, 0) is 0 Å². The van der Waals surface area contributed by atoms with Gasteiger partial charge in [-0.2, -0.15) is 0 Å². The van der Waals surface area contributed by atoms with Crippen molar-refractivity contribution in [3.8, 4) is 11.5 Å². The molecule has 2 rings (SSSR count). The first-order chi connectivity index (χ1) is 8.06. The molecule has 0 aliphatic carbocycles. The van der Waals surface area contributed by atoms with Gasteiger partial charge in [-0.15, -0.1) is 0 Å². The first-order valence-electron chi connectivity index (χ1n) is 5.26. The minimum atomic E-state index is 0.577. The summed E-state index contributed by atoms with van der Waals surface area (Å²) >= 11 is 12.1. The number of benzene rings is 2. The van der Waals surface area contributed by atoms with E-state index in [0.29, 0.717) is 21.5 Å². The Morgan fingerprint density at radius 3 is 1.59 bits per heavy atom. The van der Waals surface area contributed by atoms with Crippen LogP contribution in [0.3, 0.4) is 0 Å². The molecule has 0 unspecified atom stereocenters. The van der Waals surface area contributed by atoms with E-state index in [1.165, 1.54) is 0 Å². The average Bonchev–Trinajstić information content (AvgIpc) is 2.28. The molecule has 2 aromatic carbocycles. The number of hydrogen-bond acceptors (Lipinski definition) is 1. The molecule has 3 heteroatoms. The summed E-state index contributed by atoms with van der Waals surface area (Å²) in [6, 6.07) is 11.3. The Morgan fingerprint density at radius 1 is 0.765 bits per heavy atom. The fourth-order valence-corrected chi connectivity index (χ4v) is 1.81. The summed E-state index contributed by atoms with van der Waals surface area (Å²) in [5.41, 5.74) is 2.18. The number of aryl methyl sites for hydroxylation is 2. The summed E-state index contributed by atoms with van der Waals surface area (Å²) < 4.78 is 5.74. The molecule has 1 nitrogen and oxygen atoms in total. The molecular formula is C14H12Cl2O. The molecule has 0 bridgehead atoms. The maximum atomic E-state index is 6.07. The molecule has 0 saturated carbocycles. The molecule has 0 aliphatic heterocycles. The Hall–Kier alpha value is -1.18. The number of halogens is 2. The largest absolute Gasteiger partial charge is 0.454 e. The van der Waals surface area contributed by atoms with Gasteiger partial charge >= 0.3 is 0 Å². The SMILES string of the molecule is Cc1ccc(Cl)c(Oc2cc(C)ccc2Cl)c1. The molecule has 0 heterocycles. The highest BCUT2D eigenvalue weighted by molar-refractivity contribution is 6.32. The van der Waals surface area contributed by atoms with Crippen LogP contribution in [0.2, 0.25) is 10.0 Å². The highest BCUT2D eigenvalue weighted by Gasteiger charge is 2.07. The second kappa shape index (κ2) is 4.99. The van der Waals surface area contributed by atoms with E-state index in [4.69, 9.17) is 27.9 Å². The van der Waals surface area contributed by atoms with Gasteiger partial charge in [-0.05, 0) is 49.2 Å². The second-order valence-corrected chi connectivity index (χ2v) is 4.78. The molecule has 0 spiro atoms. The van der Waals surface area contributed by atoms with Crippen LogP contribution in [0.15, 0.2) is 36.4 Å². The summed E-state index contributed by atoms with van der Waals surface area (Å²) in [6.45, 7) is 3.97. The minimum Gasteiger partial charge on any atom is -0.454 e. The lowest BCUT2D eigenvalue weighted by atomic mass is 10.2. The van der Waals surface area contributed by atoms with Crippen molar-refractivity contribution in [2.24, 2.45) is 0 Å². The normalized spacial score (nSPS) is 10.4. The van der Waals surface area contributed by atoms with Crippen LogP contribution in [0.1, 0.15) is 11.1 Å². The third-order valence-electron chi connectivity index (χ3n) is 2.39. The van der Waals surface area contributed by atoms with Crippen LogP contribution >= 0.6 is 23.2 Å². The van der Waals surface area contributed by atoms with Crippen LogP contribution in [0.5, 0.6) is 11.5 Å². The van der Waals surface area contributed by atoms with Crippen molar-refractivity contribution in [1.29, 1.82) is 0 Å². The third-order valence-corrected chi connectivity index (χ3v) is 3.02. The van der Waals surface area contributed by atoms with E-state index in [0.717, 1.165) is 11.1 Å². The number of rotatable bonds is 2. The number of hydrogen-bond donors (Lipinski definition) is 0. The average molecular weight is 267 g/mol. The monoisotopic (exact) mass is 266 g/mol. The molecule has 17 heavy (non-hydrogen) atoms. The van der Waals surface area contributed by atoms with Crippen molar-refractivity contribution in [2.45, 2.75) is 13.8 Å². The van der Waals surface area contributed by atoms with Crippen LogP contribution in [-0.4, -0.2) is 0 Å². The van der Waals surface area contributed by atoms with E-state index in [1.807, 2.05) is 50.2 Å². The third kappa shape index (κ3) is 2.93. The van der Waals surface area contributed by atoms with Gasteiger partial charge < -0.3 is 4.74 Å². The second-order valence-electron chi connectivity index (χ2n) is 3.97. The van der Waals surface area contributed by atoms with Crippen molar-refractivity contribution in [1.82, 2.24) is 0 Å². The Labute approximate surface area is 111 Å². The first-order valence-corrected chi connectivity index (χ1v) is 6.02. The maximum absolute atomic E-state index is 6.07. The number of ether oxygens (including phenoxy) is 1. The quantitative estimate of drug-likeness (QED) is 0.707. The molecule has 2 aromatic rings. The summed E-state index contributed by atoms with van der Waals surface area (Å²) in [4.78, 5) is 0. The highest BCUT2D eigenvalue weighted by Crippen LogP contribution is 2.34. The fourth-order valence-electron chi connectivity index (χ4n) is 1.50. The standard InChI is InChI=1S/C14H12Cl2O/c1-9-3-5-11(15)13(7-9)17-14-8-10(2)4-6-12(14)16/h3-8H,1-2H3. The van der Waals surface area contributed by atoms with E-state index in [1.54, 1.807) is 0 Å². The van der Waals surface area contributed by atoms with Crippen molar-refractivity contribution in [3.05, 3.63) is 57.6 Å². The van der Waals surface area contributed by atoms with Gasteiger partial charge in [0.15, 0.2) is 0 Å². The molecular weight excluding hydrogens is 255 g/mol. The van der Waals surface area contributed by atoms with Gasteiger partial charge in [0.1, 0.15) is 11.5 Å².